The third-order valence-corrected chi connectivity index (χ3v) is 5.05. The lowest BCUT2D eigenvalue weighted by Crippen LogP contribution is -2.17. The second-order valence-corrected chi connectivity index (χ2v) is 6.73. The van der Waals surface area contributed by atoms with Crippen molar-refractivity contribution in [2.45, 2.75) is 51.4 Å². The number of hydrogen-bond donors (Lipinski definition) is 2. The zero-order valence-electron chi connectivity index (χ0n) is 14.3. The van der Waals surface area contributed by atoms with Crippen molar-refractivity contribution in [3.63, 3.8) is 0 Å². The first kappa shape index (κ1) is 16.6. The summed E-state index contributed by atoms with van der Waals surface area (Å²) in [6.45, 7) is 4.11. The molecule has 1 saturated carbocycles. The molecule has 1 atom stereocenters. The van der Waals surface area contributed by atoms with Crippen LogP contribution < -0.4 is 11.4 Å². The molecule has 128 valence electrons. The molecule has 2 aromatic rings. The Labute approximate surface area is 142 Å². The third kappa shape index (κ3) is 3.18. The lowest BCUT2D eigenvalue weighted by molar-refractivity contribution is 0.377. The Bertz CT molecular complexity index is 773. The maximum atomic E-state index is 12.7. The molecule has 1 heterocycles. The summed E-state index contributed by atoms with van der Waals surface area (Å²) >= 11 is 0. The zero-order chi connectivity index (χ0) is 17.3. The summed E-state index contributed by atoms with van der Waals surface area (Å²) in [7, 11) is 0. The van der Waals surface area contributed by atoms with Crippen LogP contribution in [0.15, 0.2) is 39.5 Å². The van der Waals surface area contributed by atoms with Gasteiger partial charge in [-0.25, -0.2) is 4.79 Å². The highest BCUT2D eigenvalue weighted by Crippen LogP contribution is 2.48. The summed E-state index contributed by atoms with van der Waals surface area (Å²) in [5, 5.41) is 10.6. The van der Waals surface area contributed by atoms with Crippen molar-refractivity contribution in [2.75, 3.05) is 5.73 Å². The van der Waals surface area contributed by atoms with Gasteiger partial charge in [0.05, 0.1) is 5.56 Å². The third-order valence-electron chi connectivity index (χ3n) is 5.05. The van der Waals surface area contributed by atoms with Gasteiger partial charge in [0.2, 0.25) is 0 Å². The highest BCUT2D eigenvalue weighted by molar-refractivity contribution is 5.47. The van der Waals surface area contributed by atoms with Gasteiger partial charge in [0.15, 0.2) is 0 Å². The molecule has 4 heteroatoms. The highest BCUT2D eigenvalue weighted by atomic mass is 16.4. The van der Waals surface area contributed by atoms with Crippen LogP contribution in [0.5, 0.6) is 5.75 Å². The van der Waals surface area contributed by atoms with Crippen LogP contribution >= 0.6 is 0 Å². The molecular formula is C20H25NO3. The smallest absolute Gasteiger partial charge is 0.343 e. The van der Waals surface area contributed by atoms with Crippen LogP contribution in [-0.2, 0) is 0 Å². The van der Waals surface area contributed by atoms with Gasteiger partial charge in [-0.1, -0.05) is 26.0 Å². The first-order valence-electron chi connectivity index (χ1n) is 8.77. The topological polar surface area (TPSA) is 76.5 Å². The molecule has 1 fully saturated rings. The van der Waals surface area contributed by atoms with E-state index in [1.165, 1.54) is 0 Å². The van der Waals surface area contributed by atoms with Crippen molar-refractivity contribution < 1.29 is 9.52 Å². The van der Waals surface area contributed by atoms with E-state index in [1.807, 2.05) is 24.3 Å². The number of nitrogens with two attached hydrogens (primary N) is 1. The number of aromatic hydroxyl groups is 1. The lowest BCUT2D eigenvalue weighted by Gasteiger charge is -2.19. The van der Waals surface area contributed by atoms with Crippen molar-refractivity contribution in [1.29, 1.82) is 0 Å². The number of nitrogen functional groups attached to an aromatic ring is 1. The van der Waals surface area contributed by atoms with Crippen LogP contribution in [0.3, 0.4) is 0 Å². The Kier molecular flexibility index (Phi) is 4.65. The van der Waals surface area contributed by atoms with Gasteiger partial charge in [0.25, 0.3) is 0 Å². The summed E-state index contributed by atoms with van der Waals surface area (Å²) in [6, 6.07) is 9.20. The fourth-order valence-corrected chi connectivity index (χ4v) is 3.54. The molecule has 3 N–H and O–H groups in total. The molecule has 0 aliphatic heterocycles. The Morgan fingerprint density at radius 3 is 2.50 bits per heavy atom. The fraction of sp³-hybridized carbons (Fsp3) is 0.450. The number of hydrogen-bond acceptors (Lipinski definition) is 4. The number of benzene rings is 1. The van der Waals surface area contributed by atoms with E-state index in [-0.39, 0.29) is 17.6 Å². The molecule has 0 saturated heterocycles. The predicted octanol–water partition coefficient (Wildman–Crippen LogP) is 4.37. The van der Waals surface area contributed by atoms with E-state index >= 15 is 0 Å². The molecule has 3 rings (SSSR count). The Morgan fingerprint density at radius 2 is 1.96 bits per heavy atom. The minimum Gasteiger partial charge on any atom is -0.507 e. The van der Waals surface area contributed by atoms with Gasteiger partial charge in [-0.3, -0.25) is 0 Å². The van der Waals surface area contributed by atoms with Crippen molar-refractivity contribution in [3.8, 4) is 5.75 Å². The second kappa shape index (κ2) is 6.71. The van der Waals surface area contributed by atoms with Gasteiger partial charge < -0.3 is 15.3 Å². The van der Waals surface area contributed by atoms with E-state index in [1.54, 1.807) is 6.07 Å². The van der Waals surface area contributed by atoms with Gasteiger partial charge in [0, 0.05) is 23.6 Å². The quantitative estimate of drug-likeness (QED) is 0.772. The van der Waals surface area contributed by atoms with Gasteiger partial charge in [-0.2, -0.15) is 0 Å². The van der Waals surface area contributed by atoms with Gasteiger partial charge >= 0.3 is 5.63 Å². The molecular weight excluding hydrogens is 302 g/mol. The Hall–Kier alpha value is -2.23. The molecule has 1 aromatic carbocycles. The van der Waals surface area contributed by atoms with E-state index in [0.29, 0.717) is 22.9 Å². The van der Waals surface area contributed by atoms with Gasteiger partial charge in [-0.15, -0.1) is 0 Å². The van der Waals surface area contributed by atoms with Crippen LogP contribution in [0.1, 0.15) is 68.3 Å². The van der Waals surface area contributed by atoms with E-state index < -0.39 is 5.63 Å². The molecule has 1 unspecified atom stereocenters. The van der Waals surface area contributed by atoms with Crippen LogP contribution in [0.4, 0.5) is 5.69 Å². The van der Waals surface area contributed by atoms with Crippen LogP contribution in [0.25, 0.3) is 0 Å². The monoisotopic (exact) mass is 327 g/mol. The van der Waals surface area contributed by atoms with Gasteiger partial charge in [0.1, 0.15) is 11.5 Å². The molecule has 0 spiro atoms. The average Bonchev–Trinajstić information content (AvgIpc) is 3.36. The van der Waals surface area contributed by atoms with Crippen molar-refractivity contribution in [3.05, 3.63) is 57.6 Å². The summed E-state index contributed by atoms with van der Waals surface area (Å²) in [5.74, 6) is 0.991. The van der Waals surface area contributed by atoms with Crippen LogP contribution in [0, 0.1) is 5.92 Å². The zero-order valence-corrected chi connectivity index (χ0v) is 14.3. The van der Waals surface area contributed by atoms with E-state index in [9.17, 15) is 9.90 Å². The van der Waals surface area contributed by atoms with Crippen LogP contribution in [-0.4, -0.2) is 5.11 Å². The molecule has 1 aliphatic rings. The van der Waals surface area contributed by atoms with E-state index in [4.69, 9.17) is 10.2 Å². The first-order chi connectivity index (χ1) is 11.5. The first-order valence-corrected chi connectivity index (χ1v) is 8.77. The SMILES string of the molecule is CCC(CC)c1cc(O)c(C(c2cccc(N)c2)C2CC2)c(=O)o1. The fourth-order valence-electron chi connectivity index (χ4n) is 3.54. The summed E-state index contributed by atoms with van der Waals surface area (Å²) in [4.78, 5) is 12.7. The predicted molar refractivity (Wildman–Crippen MR) is 95.4 cm³/mol. The van der Waals surface area contributed by atoms with Crippen molar-refractivity contribution in [2.24, 2.45) is 5.92 Å². The summed E-state index contributed by atoms with van der Waals surface area (Å²) < 4.78 is 5.60. The van der Waals surface area contributed by atoms with Crippen molar-refractivity contribution >= 4 is 5.69 Å². The molecule has 24 heavy (non-hydrogen) atoms. The molecule has 1 aromatic heterocycles. The van der Waals surface area contributed by atoms with E-state index in [2.05, 4.69) is 13.8 Å². The standard InChI is InChI=1S/C20H25NO3/c1-3-12(4-2)17-11-16(22)19(20(23)24-17)18(13-8-9-13)14-6-5-7-15(21)10-14/h5-7,10-13,18,22H,3-4,8-9,21H2,1-2H3. The lowest BCUT2D eigenvalue weighted by atomic mass is 9.87. The Balaban J connectivity index is 2.08. The highest BCUT2D eigenvalue weighted by Gasteiger charge is 2.37. The molecule has 0 bridgehead atoms. The minimum absolute atomic E-state index is 0.0486. The normalized spacial score (nSPS) is 15.6. The minimum atomic E-state index is -0.420. The number of anilines is 1. The van der Waals surface area contributed by atoms with Gasteiger partial charge in [-0.05, 0) is 49.3 Å². The van der Waals surface area contributed by atoms with Crippen molar-refractivity contribution in [1.82, 2.24) is 0 Å². The molecule has 0 radical (unpaired) electrons. The Morgan fingerprint density at radius 1 is 1.25 bits per heavy atom. The molecule has 1 aliphatic carbocycles. The number of rotatable bonds is 6. The molecule has 0 amide bonds. The largest absolute Gasteiger partial charge is 0.507 e. The maximum Gasteiger partial charge on any atom is 0.343 e. The molecule has 4 nitrogen and oxygen atoms in total. The van der Waals surface area contributed by atoms with E-state index in [0.717, 1.165) is 31.2 Å². The average molecular weight is 327 g/mol. The maximum absolute atomic E-state index is 12.7. The second-order valence-electron chi connectivity index (χ2n) is 6.73. The summed E-state index contributed by atoms with van der Waals surface area (Å²) in [6.07, 6.45) is 3.85. The summed E-state index contributed by atoms with van der Waals surface area (Å²) in [5.41, 5.74) is 7.49. The van der Waals surface area contributed by atoms with Crippen LogP contribution in [0.2, 0.25) is 0 Å².